The predicted octanol–water partition coefficient (Wildman–Crippen LogP) is 4.12. The molecule has 4 rings (SSSR count). The van der Waals surface area contributed by atoms with E-state index in [1.165, 1.54) is 11.8 Å². The number of para-hydroxylation sites is 1. The van der Waals surface area contributed by atoms with Gasteiger partial charge < -0.3 is 9.55 Å². The predicted molar refractivity (Wildman–Crippen MR) is 107 cm³/mol. The Labute approximate surface area is 161 Å². The minimum atomic E-state index is 0.0889. The molecule has 7 heteroatoms. The molecule has 0 amide bonds. The van der Waals surface area contributed by atoms with E-state index in [1.54, 1.807) is 12.4 Å². The standard InChI is InChI=1S/C20H19N5OS/c1-3-25-19(14-8-10-21-11-9-14)23-24-20(25)27-12-17(26)18-13(2)22-16-7-5-4-6-15(16)18/h4-11,22H,3,12H2,1-2H3. The molecule has 0 saturated heterocycles. The summed E-state index contributed by atoms with van der Waals surface area (Å²) in [6, 6.07) is 11.7. The number of carbonyl (C=O) groups is 1. The lowest BCUT2D eigenvalue weighted by molar-refractivity contribution is 0.102. The number of fused-ring (bicyclic) bond motifs is 1. The first-order valence-electron chi connectivity index (χ1n) is 8.76. The van der Waals surface area contributed by atoms with Gasteiger partial charge in [-0.1, -0.05) is 30.0 Å². The van der Waals surface area contributed by atoms with E-state index in [9.17, 15) is 4.79 Å². The second kappa shape index (κ2) is 7.36. The number of nitrogens with one attached hydrogen (secondary N) is 1. The monoisotopic (exact) mass is 377 g/mol. The highest BCUT2D eigenvalue weighted by molar-refractivity contribution is 7.99. The highest BCUT2D eigenvalue weighted by atomic mass is 32.2. The number of carbonyl (C=O) groups excluding carboxylic acids is 1. The molecule has 1 aromatic carbocycles. The van der Waals surface area contributed by atoms with E-state index in [0.717, 1.165) is 45.2 Å². The van der Waals surface area contributed by atoms with Crippen LogP contribution in [-0.4, -0.2) is 36.3 Å². The van der Waals surface area contributed by atoms with Crippen molar-refractivity contribution in [3.63, 3.8) is 0 Å². The van der Waals surface area contributed by atoms with E-state index < -0.39 is 0 Å². The third-order valence-electron chi connectivity index (χ3n) is 4.48. The Balaban J connectivity index is 1.58. The molecule has 0 spiro atoms. The van der Waals surface area contributed by atoms with Crippen LogP contribution in [0.15, 0.2) is 53.9 Å². The topological polar surface area (TPSA) is 76.5 Å². The zero-order chi connectivity index (χ0) is 18.8. The van der Waals surface area contributed by atoms with Gasteiger partial charge in [0.2, 0.25) is 0 Å². The van der Waals surface area contributed by atoms with Gasteiger partial charge in [-0.05, 0) is 32.0 Å². The Hall–Kier alpha value is -2.93. The number of hydrogen-bond acceptors (Lipinski definition) is 5. The molecule has 0 unspecified atom stereocenters. The summed E-state index contributed by atoms with van der Waals surface area (Å²) < 4.78 is 2.02. The van der Waals surface area contributed by atoms with Gasteiger partial charge in [0.1, 0.15) is 0 Å². The summed E-state index contributed by atoms with van der Waals surface area (Å²) in [5.41, 5.74) is 3.61. The fourth-order valence-corrected chi connectivity index (χ4v) is 4.11. The summed E-state index contributed by atoms with van der Waals surface area (Å²) in [5, 5.41) is 10.3. The minimum Gasteiger partial charge on any atom is -0.358 e. The molecular formula is C20H19N5OS. The van der Waals surface area contributed by atoms with Crippen molar-refractivity contribution >= 4 is 28.4 Å². The lowest BCUT2D eigenvalue weighted by atomic mass is 10.1. The van der Waals surface area contributed by atoms with Crippen molar-refractivity contribution in [3.8, 4) is 11.4 Å². The van der Waals surface area contributed by atoms with E-state index in [2.05, 4.69) is 20.2 Å². The quantitative estimate of drug-likeness (QED) is 0.404. The third-order valence-corrected chi connectivity index (χ3v) is 5.44. The maximum Gasteiger partial charge on any atom is 0.191 e. The number of nitrogens with zero attached hydrogens (tertiary/aromatic N) is 4. The number of aromatic nitrogens is 5. The second-order valence-corrected chi connectivity index (χ2v) is 7.11. The Bertz CT molecular complexity index is 1100. The van der Waals surface area contributed by atoms with Gasteiger partial charge in [0.25, 0.3) is 0 Å². The van der Waals surface area contributed by atoms with Crippen molar-refractivity contribution in [1.82, 2.24) is 24.7 Å². The number of aryl methyl sites for hydroxylation is 1. The van der Waals surface area contributed by atoms with E-state index >= 15 is 0 Å². The molecule has 1 N–H and O–H groups in total. The number of thioether (sulfide) groups is 1. The van der Waals surface area contributed by atoms with Crippen LogP contribution in [0.1, 0.15) is 23.0 Å². The van der Waals surface area contributed by atoms with Crippen molar-refractivity contribution < 1.29 is 4.79 Å². The first-order chi connectivity index (χ1) is 13.2. The number of aromatic amines is 1. The van der Waals surface area contributed by atoms with Crippen molar-refractivity contribution in [2.45, 2.75) is 25.5 Å². The molecule has 27 heavy (non-hydrogen) atoms. The molecule has 0 fully saturated rings. The fraction of sp³-hybridized carbons (Fsp3) is 0.200. The summed E-state index contributed by atoms with van der Waals surface area (Å²) in [7, 11) is 0. The molecule has 0 aliphatic carbocycles. The molecule has 136 valence electrons. The van der Waals surface area contributed by atoms with Crippen molar-refractivity contribution in [2.75, 3.05) is 5.75 Å². The van der Waals surface area contributed by atoms with Gasteiger partial charge in [0, 0.05) is 46.7 Å². The van der Waals surface area contributed by atoms with Crippen molar-refractivity contribution in [2.24, 2.45) is 0 Å². The molecule has 0 aliphatic heterocycles. The number of benzene rings is 1. The van der Waals surface area contributed by atoms with Crippen molar-refractivity contribution in [1.29, 1.82) is 0 Å². The van der Waals surface area contributed by atoms with Crippen LogP contribution in [0.25, 0.3) is 22.3 Å². The molecule has 0 saturated carbocycles. The summed E-state index contributed by atoms with van der Waals surface area (Å²) in [5.74, 6) is 1.20. The van der Waals surface area contributed by atoms with Gasteiger partial charge >= 0.3 is 0 Å². The zero-order valence-corrected chi connectivity index (χ0v) is 16.0. The summed E-state index contributed by atoms with van der Waals surface area (Å²) in [6.07, 6.45) is 3.47. The summed E-state index contributed by atoms with van der Waals surface area (Å²) in [6.45, 7) is 4.71. The Morgan fingerprint density at radius 3 is 2.70 bits per heavy atom. The summed E-state index contributed by atoms with van der Waals surface area (Å²) >= 11 is 1.42. The molecule has 6 nitrogen and oxygen atoms in total. The third kappa shape index (κ3) is 3.26. The maximum absolute atomic E-state index is 12.9. The molecule has 3 heterocycles. The number of Topliss-reactive ketones (excluding diaryl/α,β-unsaturated/α-hetero) is 1. The Kier molecular flexibility index (Phi) is 4.77. The van der Waals surface area contributed by atoms with Gasteiger partial charge in [0.05, 0.1) is 5.75 Å². The SMILES string of the molecule is CCn1c(SCC(=O)c2c(C)[nH]c3ccccc23)nnc1-c1ccncc1. The Morgan fingerprint density at radius 2 is 1.93 bits per heavy atom. The first kappa shape index (κ1) is 17.5. The van der Waals surface area contributed by atoms with Gasteiger partial charge in [0.15, 0.2) is 16.8 Å². The van der Waals surface area contributed by atoms with E-state index in [-0.39, 0.29) is 5.78 Å². The van der Waals surface area contributed by atoms with Crippen LogP contribution in [0.2, 0.25) is 0 Å². The molecular weight excluding hydrogens is 358 g/mol. The van der Waals surface area contributed by atoms with Crippen LogP contribution in [0, 0.1) is 6.92 Å². The van der Waals surface area contributed by atoms with Crippen LogP contribution in [0.4, 0.5) is 0 Å². The smallest absolute Gasteiger partial charge is 0.191 e. The van der Waals surface area contributed by atoms with Crippen LogP contribution in [0.5, 0.6) is 0 Å². The fourth-order valence-electron chi connectivity index (χ4n) is 3.23. The highest BCUT2D eigenvalue weighted by Crippen LogP contribution is 2.27. The molecule has 0 bridgehead atoms. The molecule has 3 aromatic heterocycles. The highest BCUT2D eigenvalue weighted by Gasteiger charge is 2.18. The van der Waals surface area contributed by atoms with E-state index in [4.69, 9.17) is 0 Å². The summed E-state index contributed by atoms with van der Waals surface area (Å²) in [4.78, 5) is 20.2. The minimum absolute atomic E-state index is 0.0889. The van der Waals surface area contributed by atoms with Crippen LogP contribution in [0.3, 0.4) is 0 Å². The normalized spacial score (nSPS) is 11.2. The van der Waals surface area contributed by atoms with Crippen LogP contribution >= 0.6 is 11.8 Å². The molecule has 0 radical (unpaired) electrons. The van der Waals surface area contributed by atoms with Crippen molar-refractivity contribution in [3.05, 3.63) is 60.0 Å². The van der Waals surface area contributed by atoms with Crippen LogP contribution < -0.4 is 0 Å². The number of H-pyrrole nitrogens is 1. The number of rotatable bonds is 6. The molecule has 0 aliphatic rings. The average molecular weight is 377 g/mol. The molecule has 4 aromatic rings. The van der Waals surface area contributed by atoms with E-state index in [1.807, 2.05) is 54.8 Å². The average Bonchev–Trinajstić information content (AvgIpc) is 3.26. The second-order valence-electron chi connectivity index (χ2n) is 6.17. The number of hydrogen-bond donors (Lipinski definition) is 1. The van der Waals surface area contributed by atoms with Crippen LogP contribution in [-0.2, 0) is 6.54 Å². The van der Waals surface area contributed by atoms with Gasteiger partial charge in [-0.15, -0.1) is 10.2 Å². The van der Waals surface area contributed by atoms with Gasteiger partial charge in [-0.3, -0.25) is 9.78 Å². The zero-order valence-electron chi connectivity index (χ0n) is 15.1. The first-order valence-corrected chi connectivity index (χ1v) is 9.74. The van der Waals surface area contributed by atoms with Gasteiger partial charge in [-0.25, -0.2) is 0 Å². The molecule has 0 atom stereocenters. The number of pyridine rings is 1. The van der Waals surface area contributed by atoms with E-state index in [0.29, 0.717) is 5.75 Å². The largest absolute Gasteiger partial charge is 0.358 e. The number of ketones is 1. The Morgan fingerprint density at radius 1 is 1.15 bits per heavy atom. The van der Waals surface area contributed by atoms with Gasteiger partial charge in [-0.2, -0.15) is 0 Å². The maximum atomic E-state index is 12.9. The lowest BCUT2D eigenvalue weighted by Crippen LogP contribution is -2.06. The lowest BCUT2D eigenvalue weighted by Gasteiger charge is -2.07.